The van der Waals surface area contributed by atoms with E-state index in [1.807, 2.05) is 27.7 Å². The highest BCUT2D eigenvalue weighted by molar-refractivity contribution is 6.18. The van der Waals surface area contributed by atoms with Gasteiger partial charge in [0.05, 0.1) is 0 Å². The second kappa shape index (κ2) is 4.70. The Hall–Kier alpha value is -0.240. The molecule has 12 heavy (non-hydrogen) atoms. The molecule has 1 amide bonds. The molecule has 0 aliphatic heterocycles. The van der Waals surface area contributed by atoms with Crippen molar-refractivity contribution in [3.63, 3.8) is 0 Å². The lowest BCUT2D eigenvalue weighted by Gasteiger charge is -2.18. The number of carbonyl (C=O) groups is 1. The lowest BCUT2D eigenvalue weighted by molar-refractivity contribution is -0.128. The van der Waals surface area contributed by atoms with Gasteiger partial charge in [-0.1, -0.05) is 27.7 Å². The molecule has 0 aromatic heterocycles. The summed E-state index contributed by atoms with van der Waals surface area (Å²) in [4.78, 5) is 11.3. The Labute approximate surface area is 79.7 Å². The molecule has 0 fully saturated rings. The summed E-state index contributed by atoms with van der Waals surface area (Å²) in [7, 11) is 0. The van der Waals surface area contributed by atoms with E-state index >= 15 is 0 Å². The standard InChI is InChI=1S/C9H18ClNO/c1-7(5-10)6-11-8(12)9(2,3)4/h7H,5-6H2,1-4H3,(H,11,12). The van der Waals surface area contributed by atoms with Gasteiger partial charge in [0.1, 0.15) is 0 Å². The van der Waals surface area contributed by atoms with Crippen LogP contribution >= 0.6 is 11.6 Å². The first kappa shape index (κ1) is 11.8. The zero-order valence-corrected chi connectivity index (χ0v) is 9.03. The fraction of sp³-hybridized carbons (Fsp3) is 0.889. The summed E-state index contributed by atoms with van der Waals surface area (Å²) in [6.45, 7) is 8.37. The van der Waals surface area contributed by atoms with Crippen molar-refractivity contribution in [2.75, 3.05) is 12.4 Å². The fourth-order valence-electron chi connectivity index (χ4n) is 0.587. The molecule has 1 atom stereocenters. The second-order valence-corrected chi connectivity index (χ2v) is 4.53. The molecular weight excluding hydrogens is 174 g/mol. The minimum atomic E-state index is -0.300. The SMILES string of the molecule is CC(CCl)CNC(=O)C(C)(C)C. The van der Waals surface area contributed by atoms with Crippen LogP contribution in [0.15, 0.2) is 0 Å². The Balaban J connectivity index is 3.73. The van der Waals surface area contributed by atoms with Crippen LogP contribution in [-0.2, 0) is 4.79 Å². The molecule has 1 unspecified atom stereocenters. The number of hydrogen-bond donors (Lipinski definition) is 1. The topological polar surface area (TPSA) is 29.1 Å². The number of nitrogens with one attached hydrogen (secondary N) is 1. The molecule has 0 saturated carbocycles. The van der Waals surface area contributed by atoms with Crippen molar-refractivity contribution in [1.82, 2.24) is 5.32 Å². The minimum Gasteiger partial charge on any atom is -0.355 e. The number of carbonyl (C=O) groups excluding carboxylic acids is 1. The number of alkyl halides is 1. The summed E-state index contributed by atoms with van der Waals surface area (Å²) in [5, 5.41) is 2.85. The van der Waals surface area contributed by atoms with Crippen LogP contribution in [-0.4, -0.2) is 18.3 Å². The zero-order valence-electron chi connectivity index (χ0n) is 8.28. The van der Waals surface area contributed by atoms with Crippen molar-refractivity contribution in [2.45, 2.75) is 27.7 Å². The summed E-state index contributed by atoms with van der Waals surface area (Å²) < 4.78 is 0. The highest BCUT2D eigenvalue weighted by atomic mass is 35.5. The van der Waals surface area contributed by atoms with E-state index in [0.717, 1.165) is 0 Å². The van der Waals surface area contributed by atoms with Gasteiger partial charge in [0.15, 0.2) is 0 Å². The fourth-order valence-corrected chi connectivity index (χ4v) is 0.696. The van der Waals surface area contributed by atoms with Gasteiger partial charge in [0.25, 0.3) is 0 Å². The van der Waals surface area contributed by atoms with Gasteiger partial charge in [-0.25, -0.2) is 0 Å². The Kier molecular flexibility index (Phi) is 4.61. The molecule has 0 aliphatic carbocycles. The Bertz CT molecular complexity index is 151. The van der Waals surface area contributed by atoms with E-state index in [1.165, 1.54) is 0 Å². The van der Waals surface area contributed by atoms with Crippen molar-refractivity contribution in [3.05, 3.63) is 0 Å². The first-order valence-electron chi connectivity index (χ1n) is 4.22. The lowest BCUT2D eigenvalue weighted by Crippen LogP contribution is -2.37. The van der Waals surface area contributed by atoms with Crippen LogP contribution in [0.3, 0.4) is 0 Å². The van der Waals surface area contributed by atoms with Crippen LogP contribution in [0.25, 0.3) is 0 Å². The van der Waals surface area contributed by atoms with Gasteiger partial charge in [0, 0.05) is 17.8 Å². The van der Waals surface area contributed by atoms with E-state index in [9.17, 15) is 4.79 Å². The van der Waals surface area contributed by atoms with E-state index < -0.39 is 0 Å². The van der Waals surface area contributed by atoms with Gasteiger partial charge < -0.3 is 5.32 Å². The Morgan fingerprint density at radius 3 is 2.33 bits per heavy atom. The third kappa shape index (κ3) is 4.60. The quantitative estimate of drug-likeness (QED) is 0.680. The molecule has 0 saturated heterocycles. The maximum absolute atomic E-state index is 11.3. The summed E-state index contributed by atoms with van der Waals surface area (Å²) in [6.07, 6.45) is 0. The maximum Gasteiger partial charge on any atom is 0.225 e. The van der Waals surface area contributed by atoms with Crippen molar-refractivity contribution in [1.29, 1.82) is 0 Å². The van der Waals surface area contributed by atoms with Crippen molar-refractivity contribution >= 4 is 17.5 Å². The van der Waals surface area contributed by atoms with Crippen LogP contribution < -0.4 is 5.32 Å². The third-order valence-electron chi connectivity index (χ3n) is 1.56. The number of amides is 1. The molecule has 0 aromatic rings. The first-order chi connectivity index (χ1) is 5.38. The molecule has 72 valence electrons. The van der Waals surface area contributed by atoms with Crippen LogP contribution in [0.2, 0.25) is 0 Å². The molecule has 0 aliphatic rings. The van der Waals surface area contributed by atoms with Crippen LogP contribution in [0.5, 0.6) is 0 Å². The van der Waals surface area contributed by atoms with E-state index in [0.29, 0.717) is 18.3 Å². The van der Waals surface area contributed by atoms with Crippen LogP contribution in [0, 0.1) is 11.3 Å². The molecule has 3 heteroatoms. The van der Waals surface area contributed by atoms with E-state index in [1.54, 1.807) is 0 Å². The molecule has 0 radical (unpaired) electrons. The highest BCUT2D eigenvalue weighted by Crippen LogP contribution is 2.12. The minimum absolute atomic E-state index is 0.0828. The molecule has 0 bridgehead atoms. The van der Waals surface area contributed by atoms with Crippen molar-refractivity contribution in [3.8, 4) is 0 Å². The molecule has 1 N–H and O–H groups in total. The third-order valence-corrected chi connectivity index (χ3v) is 2.08. The van der Waals surface area contributed by atoms with E-state index in [4.69, 9.17) is 11.6 Å². The smallest absolute Gasteiger partial charge is 0.225 e. The molecule has 0 heterocycles. The predicted molar refractivity (Wildman–Crippen MR) is 52.3 cm³/mol. The average Bonchev–Trinajstić information content (AvgIpc) is 1.97. The predicted octanol–water partition coefficient (Wildman–Crippen LogP) is 2.02. The van der Waals surface area contributed by atoms with E-state index in [-0.39, 0.29) is 11.3 Å². The molecule has 2 nitrogen and oxygen atoms in total. The first-order valence-corrected chi connectivity index (χ1v) is 4.75. The van der Waals surface area contributed by atoms with E-state index in [2.05, 4.69) is 5.32 Å². The number of hydrogen-bond acceptors (Lipinski definition) is 1. The number of halogens is 1. The molecule has 0 aromatic carbocycles. The van der Waals surface area contributed by atoms with Gasteiger partial charge in [-0.15, -0.1) is 11.6 Å². The maximum atomic E-state index is 11.3. The molecule has 0 rings (SSSR count). The number of rotatable bonds is 3. The van der Waals surface area contributed by atoms with Crippen molar-refractivity contribution in [2.24, 2.45) is 11.3 Å². The monoisotopic (exact) mass is 191 g/mol. The van der Waals surface area contributed by atoms with Gasteiger partial charge in [-0.2, -0.15) is 0 Å². The summed E-state index contributed by atoms with van der Waals surface area (Å²) >= 11 is 5.60. The van der Waals surface area contributed by atoms with Crippen molar-refractivity contribution < 1.29 is 4.79 Å². The van der Waals surface area contributed by atoms with Crippen LogP contribution in [0.1, 0.15) is 27.7 Å². The Morgan fingerprint density at radius 1 is 1.50 bits per heavy atom. The van der Waals surface area contributed by atoms with Crippen LogP contribution in [0.4, 0.5) is 0 Å². The largest absolute Gasteiger partial charge is 0.355 e. The average molecular weight is 192 g/mol. The second-order valence-electron chi connectivity index (χ2n) is 4.22. The lowest BCUT2D eigenvalue weighted by atomic mass is 9.95. The molecule has 0 spiro atoms. The van der Waals surface area contributed by atoms with Gasteiger partial charge >= 0.3 is 0 Å². The van der Waals surface area contributed by atoms with Gasteiger partial charge in [0.2, 0.25) is 5.91 Å². The normalized spacial score (nSPS) is 14.1. The highest BCUT2D eigenvalue weighted by Gasteiger charge is 2.20. The summed E-state index contributed by atoms with van der Waals surface area (Å²) in [5.74, 6) is 1.02. The van der Waals surface area contributed by atoms with Gasteiger partial charge in [-0.05, 0) is 5.92 Å². The summed E-state index contributed by atoms with van der Waals surface area (Å²) in [6, 6.07) is 0. The molecular formula is C9H18ClNO. The zero-order chi connectivity index (χ0) is 9.78. The summed E-state index contributed by atoms with van der Waals surface area (Å²) in [5.41, 5.74) is -0.300. The van der Waals surface area contributed by atoms with Gasteiger partial charge in [-0.3, -0.25) is 4.79 Å². The Morgan fingerprint density at radius 2 is 2.00 bits per heavy atom.